The minimum atomic E-state index is -3.79. The third-order valence-corrected chi connectivity index (χ3v) is 7.02. The molecule has 4 rings (SSSR count). The van der Waals surface area contributed by atoms with Gasteiger partial charge in [-0.25, -0.2) is 23.1 Å². The Morgan fingerprint density at radius 2 is 1.70 bits per heavy atom. The molecule has 0 saturated heterocycles. The van der Waals surface area contributed by atoms with Crippen molar-refractivity contribution in [3.05, 3.63) is 82.4 Å². The van der Waals surface area contributed by atoms with Crippen molar-refractivity contribution in [2.75, 3.05) is 4.72 Å². The molecule has 0 amide bonds. The van der Waals surface area contributed by atoms with E-state index in [-0.39, 0.29) is 4.90 Å². The van der Waals surface area contributed by atoms with Gasteiger partial charge >= 0.3 is 0 Å². The molecule has 0 radical (unpaired) electrons. The second kappa shape index (κ2) is 8.84. The van der Waals surface area contributed by atoms with Crippen LogP contribution >= 0.6 is 11.6 Å². The molecule has 0 unspecified atom stereocenters. The van der Waals surface area contributed by atoms with E-state index >= 15 is 0 Å². The molecule has 0 atom stereocenters. The topological polar surface area (TPSA) is 99.0 Å². The molecule has 0 aliphatic carbocycles. The molecule has 0 bridgehead atoms. The number of aryl methyl sites for hydroxylation is 2. The van der Waals surface area contributed by atoms with Gasteiger partial charge in [0.25, 0.3) is 10.0 Å². The monoisotopic (exact) mass is 483 g/mol. The van der Waals surface area contributed by atoms with Crippen LogP contribution in [0.4, 0.5) is 5.69 Å². The first-order valence-electron chi connectivity index (χ1n) is 10.1. The highest BCUT2D eigenvalue weighted by molar-refractivity contribution is 7.92. The fourth-order valence-corrected chi connectivity index (χ4v) is 4.80. The Morgan fingerprint density at radius 3 is 2.36 bits per heavy atom. The zero-order valence-corrected chi connectivity index (χ0v) is 20.1. The molecule has 0 aliphatic heterocycles. The summed E-state index contributed by atoms with van der Waals surface area (Å²) in [7, 11) is -3.79. The van der Waals surface area contributed by atoms with Crippen molar-refractivity contribution in [3.8, 4) is 17.4 Å². The first-order chi connectivity index (χ1) is 15.6. The summed E-state index contributed by atoms with van der Waals surface area (Å²) in [6, 6.07) is 13.0. The van der Waals surface area contributed by atoms with Crippen molar-refractivity contribution in [1.82, 2.24) is 19.7 Å². The number of hydrogen-bond acceptors (Lipinski definition) is 6. The molecule has 1 N–H and O–H groups in total. The Morgan fingerprint density at radius 1 is 0.970 bits per heavy atom. The molecule has 170 valence electrons. The lowest BCUT2D eigenvalue weighted by atomic mass is 10.2. The lowest BCUT2D eigenvalue weighted by Gasteiger charge is -2.12. The van der Waals surface area contributed by atoms with Gasteiger partial charge in [-0.3, -0.25) is 4.72 Å². The molecule has 0 aliphatic rings. The zero-order chi connectivity index (χ0) is 23.8. The third-order valence-electron chi connectivity index (χ3n) is 5.27. The van der Waals surface area contributed by atoms with Crippen molar-refractivity contribution in [1.29, 1.82) is 0 Å². The van der Waals surface area contributed by atoms with Crippen molar-refractivity contribution >= 4 is 27.3 Å². The SMILES string of the molecule is Cc1ccc(Cl)cc1S(=O)(=O)Nc1ccc(Oc2cc(-n3nc(C)c(C)c3C)ncn2)cc1. The third kappa shape index (κ3) is 4.84. The van der Waals surface area contributed by atoms with Crippen molar-refractivity contribution in [3.63, 3.8) is 0 Å². The number of aromatic nitrogens is 4. The van der Waals surface area contributed by atoms with Crippen LogP contribution in [-0.2, 0) is 10.0 Å². The number of benzene rings is 2. The van der Waals surface area contributed by atoms with Crippen LogP contribution in [0.25, 0.3) is 5.82 Å². The quantitative estimate of drug-likeness (QED) is 0.407. The molecule has 8 nitrogen and oxygen atoms in total. The summed E-state index contributed by atoms with van der Waals surface area (Å²) in [5.41, 5.74) is 4.01. The van der Waals surface area contributed by atoms with Gasteiger partial charge in [0, 0.05) is 22.5 Å². The van der Waals surface area contributed by atoms with E-state index in [1.54, 1.807) is 54.1 Å². The Kier molecular flexibility index (Phi) is 6.09. The smallest absolute Gasteiger partial charge is 0.262 e. The summed E-state index contributed by atoms with van der Waals surface area (Å²) in [4.78, 5) is 8.57. The first kappa shape index (κ1) is 22.8. The second-order valence-electron chi connectivity index (χ2n) is 7.56. The maximum absolute atomic E-state index is 12.7. The highest BCUT2D eigenvalue weighted by atomic mass is 35.5. The average Bonchev–Trinajstić information content (AvgIpc) is 3.04. The molecule has 2 heterocycles. The Labute approximate surface area is 197 Å². The summed E-state index contributed by atoms with van der Waals surface area (Å²) in [6.07, 6.45) is 1.41. The predicted molar refractivity (Wildman–Crippen MR) is 127 cm³/mol. The number of hydrogen-bond donors (Lipinski definition) is 1. The summed E-state index contributed by atoms with van der Waals surface area (Å²) in [5.74, 6) is 1.43. The molecule has 0 spiro atoms. The van der Waals surface area contributed by atoms with Gasteiger partial charge in [0.2, 0.25) is 5.88 Å². The van der Waals surface area contributed by atoms with E-state index in [1.807, 2.05) is 20.8 Å². The van der Waals surface area contributed by atoms with Crippen LogP contribution in [0.3, 0.4) is 0 Å². The normalized spacial score (nSPS) is 11.4. The maximum atomic E-state index is 12.7. The number of halogens is 1. The van der Waals surface area contributed by atoms with E-state index < -0.39 is 10.0 Å². The van der Waals surface area contributed by atoms with E-state index in [2.05, 4.69) is 19.8 Å². The van der Waals surface area contributed by atoms with Gasteiger partial charge in [0.05, 0.1) is 10.6 Å². The van der Waals surface area contributed by atoms with Crippen LogP contribution in [-0.4, -0.2) is 28.2 Å². The number of ether oxygens (including phenoxy) is 1. The highest BCUT2D eigenvalue weighted by Gasteiger charge is 2.18. The molecule has 0 fully saturated rings. The van der Waals surface area contributed by atoms with Crippen LogP contribution in [0.2, 0.25) is 5.02 Å². The van der Waals surface area contributed by atoms with E-state index in [1.165, 1.54) is 12.4 Å². The summed E-state index contributed by atoms with van der Waals surface area (Å²) >= 11 is 5.97. The van der Waals surface area contributed by atoms with Crippen molar-refractivity contribution in [2.45, 2.75) is 32.6 Å². The standard InChI is InChI=1S/C23H22ClN5O3S/c1-14-5-6-18(24)11-21(14)33(30,31)28-19-7-9-20(10-8-19)32-23-12-22(25-13-26-23)29-17(4)15(2)16(3)27-29/h5-13,28H,1-4H3. The van der Waals surface area contributed by atoms with Gasteiger partial charge in [-0.15, -0.1) is 0 Å². The Bertz CT molecular complexity index is 1430. The van der Waals surface area contributed by atoms with Crippen LogP contribution in [0.1, 0.15) is 22.5 Å². The minimum absolute atomic E-state index is 0.128. The van der Waals surface area contributed by atoms with Gasteiger partial charge in [0.15, 0.2) is 5.82 Å². The van der Waals surface area contributed by atoms with E-state index in [0.717, 1.165) is 17.0 Å². The first-order valence-corrected chi connectivity index (χ1v) is 11.9. The molecule has 2 aromatic heterocycles. The van der Waals surface area contributed by atoms with E-state index in [4.69, 9.17) is 16.3 Å². The van der Waals surface area contributed by atoms with Gasteiger partial charge in [-0.1, -0.05) is 17.7 Å². The largest absolute Gasteiger partial charge is 0.439 e. The highest BCUT2D eigenvalue weighted by Crippen LogP contribution is 2.26. The van der Waals surface area contributed by atoms with Crippen LogP contribution in [0.5, 0.6) is 11.6 Å². The molecule has 2 aromatic carbocycles. The van der Waals surface area contributed by atoms with Gasteiger partial charge < -0.3 is 4.74 Å². The molecule has 4 aromatic rings. The fraction of sp³-hybridized carbons (Fsp3) is 0.174. The Hall–Kier alpha value is -3.43. The fourth-order valence-electron chi connectivity index (χ4n) is 3.23. The number of rotatable bonds is 6. The molecular formula is C23H22ClN5O3S. The number of sulfonamides is 1. The summed E-state index contributed by atoms with van der Waals surface area (Å²) < 4.78 is 35.6. The van der Waals surface area contributed by atoms with E-state index in [0.29, 0.717) is 33.7 Å². The van der Waals surface area contributed by atoms with Gasteiger partial charge in [-0.2, -0.15) is 5.10 Å². The van der Waals surface area contributed by atoms with Crippen LogP contribution in [0.15, 0.2) is 59.8 Å². The second-order valence-corrected chi connectivity index (χ2v) is 9.65. The molecular weight excluding hydrogens is 462 g/mol. The average molecular weight is 484 g/mol. The maximum Gasteiger partial charge on any atom is 0.262 e. The van der Waals surface area contributed by atoms with Crippen molar-refractivity contribution in [2.24, 2.45) is 0 Å². The Balaban J connectivity index is 1.51. The van der Waals surface area contributed by atoms with Gasteiger partial charge in [-0.05, 0) is 75.2 Å². The van der Waals surface area contributed by atoms with Crippen LogP contribution in [0, 0.1) is 27.7 Å². The zero-order valence-electron chi connectivity index (χ0n) is 18.5. The molecule has 0 saturated carbocycles. The lowest BCUT2D eigenvalue weighted by molar-refractivity contribution is 0.460. The van der Waals surface area contributed by atoms with E-state index in [9.17, 15) is 8.42 Å². The number of anilines is 1. The summed E-state index contributed by atoms with van der Waals surface area (Å²) in [6.45, 7) is 7.64. The number of nitrogens with one attached hydrogen (secondary N) is 1. The summed E-state index contributed by atoms with van der Waals surface area (Å²) in [5, 5.41) is 4.86. The van der Waals surface area contributed by atoms with Crippen molar-refractivity contribution < 1.29 is 13.2 Å². The number of nitrogens with zero attached hydrogens (tertiary/aromatic N) is 4. The molecule has 10 heteroatoms. The minimum Gasteiger partial charge on any atom is -0.439 e. The predicted octanol–water partition coefficient (Wildman–Crippen LogP) is 5.14. The van der Waals surface area contributed by atoms with Crippen LogP contribution < -0.4 is 9.46 Å². The lowest BCUT2D eigenvalue weighted by Crippen LogP contribution is -2.14. The molecule has 33 heavy (non-hydrogen) atoms. The van der Waals surface area contributed by atoms with Gasteiger partial charge in [0.1, 0.15) is 12.1 Å².